The average Bonchev–Trinajstić information content (AvgIpc) is 3.31. The van der Waals surface area contributed by atoms with Crippen molar-refractivity contribution in [2.75, 3.05) is 7.11 Å². The molecule has 7 heteroatoms. The molecule has 0 radical (unpaired) electrons. The Balaban J connectivity index is 1.63. The van der Waals surface area contributed by atoms with Crippen molar-refractivity contribution in [3.8, 4) is 11.5 Å². The number of hydrogen-bond donors (Lipinski definition) is 2. The van der Waals surface area contributed by atoms with Crippen molar-refractivity contribution in [1.82, 2.24) is 5.32 Å². The van der Waals surface area contributed by atoms with Gasteiger partial charge in [0.2, 0.25) is 5.76 Å². The first-order valence-electron chi connectivity index (χ1n) is 8.51. The number of aromatic carboxylic acids is 1. The second-order valence-corrected chi connectivity index (χ2v) is 6.14. The van der Waals surface area contributed by atoms with E-state index in [0.29, 0.717) is 22.8 Å². The second-order valence-electron chi connectivity index (χ2n) is 6.14. The van der Waals surface area contributed by atoms with Crippen LogP contribution in [0.5, 0.6) is 11.5 Å². The number of benzene rings is 1. The number of methoxy groups -OCH3 is 1. The molecule has 1 aromatic carbocycles. The van der Waals surface area contributed by atoms with E-state index in [2.05, 4.69) is 5.32 Å². The van der Waals surface area contributed by atoms with E-state index in [1.165, 1.54) is 32.1 Å². The van der Waals surface area contributed by atoms with Crippen molar-refractivity contribution in [3.05, 3.63) is 47.4 Å². The molecule has 0 aliphatic heterocycles. The van der Waals surface area contributed by atoms with Gasteiger partial charge in [0.05, 0.1) is 19.8 Å². The van der Waals surface area contributed by atoms with Crippen LogP contribution in [0.1, 0.15) is 52.4 Å². The normalized spacial score (nSPS) is 14.2. The highest BCUT2D eigenvalue weighted by molar-refractivity contribution is 5.94. The van der Waals surface area contributed by atoms with E-state index in [1.54, 1.807) is 18.2 Å². The van der Waals surface area contributed by atoms with Gasteiger partial charge in [-0.1, -0.05) is 0 Å². The topological polar surface area (TPSA) is 98.0 Å². The summed E-state index contributed by atoms with van der Waals surface area (Å²) in [4.78, 5) is 23.1. The fourth-order valence-electron chi connectivity index (χ4n) is 2.95. The second kappa shape index (κ2) is 7.95. The molecule has 0 bridgehead atoms. The Hall–Kier alpha value is -2.96. The lowest BCUT2D eigenvalue weighted by atomic mass is 10.2. The molecule has 1 aliphatic carbocycles. The number of carboxylic acid groups (broad SMARTS) is 1. The molecule has 26 heavy (non-hydrogen) atoms. The van der Waals surface area contributed by atoms with Crippen molar-refractivity contribution in [2.24, 2.45) is 0 Å². The highest BCUT2D eigenvalue weighted by Gasteiger charge is 2.19. The van der Waals surface area contributed by atoms with Crippen molar-refractivity contribution >= 4 is 11.9 Å². The van der Waals surface area contributed by atoms with E-state index >= 15 is 0 Å². The quantitative estimate of drug-likeness (QED) is 0.787. The molecule has 1 heterocycles. The van der Waals surface area contributed by atoms with E-state index in [1.807, 2.05) is 0 Å². The Morgan fingerprint density at radius 2 is 1.96 bits per heavy atom. The molecule has 3 rings (SSSR count). The molecule has 0 atom stereocenters. The maximum atomic E-state index is 12.3. The molecule has 0 unspecified atom stereocenters. The third-order valence-corrected chi connectivity index (χ3v) is 4.32. The number of ether oxygens (including phenoxy) is 2. The first-order valence-corrected chi connectivity index (χ1v) is 8.51. The molecule has 138 valence electrons. The maximum Gasteiger partial charge on any atom is 0.371 e. The van der Waals surface area contributed by atoms with Crippen LogP contribution >= 0.6 is 0 Å². The minimum Gasteiger partial charge on any atom is -0.493 e. The summed E-state index contributed by atoms with van der Waals surface area (Å²) >= 11 is 0. The van der Waals surface area contributed by atoms with E-state index in [0.717, 1.165) is 12.8 Å². The van der Waals surface area contributed by atoms with Gasteiger partial charge in [-0.05, 0) is 56.0 Å². The van der Waals surface area contributed by atoms with E-state index in [4.69, 9.17) is 19.0 Å². The highest BCUT2D eigenvalue weighted by atomic mass is 16.5. The Bertz CT molecular complexity index is 791. The van der Waals surface area contributed by atoms with Gasteiger partial charge in [-0.3, -0.25) is 4.79 Å². The molecular formula is C19H21NO6. The minimum absolute atomic E-state index is 0.0920. The largest absolute Gasteiger partial charge is 0.493 e. The fourth-order valence-corrected chi connectivity index (χ4v) is 2.95. The van der Waals surface area contributed by atoms with Gasteiger partial charge in [0.25, 0.3) is 5.91 Å². The molecule has 1 fully saturated rings. The molecular weight excluding hydrogens is 338 g/mol. The molecule has 1 amide bonds. The van der Waals surface area contributed by atoms with E-state index in [-0.39, 0.29) is 24.3 Å². The summed E-state index contributed by atoms with van der Waals surface area (Å²) in [6.45, 7) is 0.0920. The molecule has 1 aliphatic rings. The van der Waals surface area contributed by atoms with Crippen LogP contribution in [0.3, 0.4) is 0 Å². The predicted octanol–water partition coefficient (Wildman–Crippen LogP) is 3.24. The first kappa shape index (κ1) is 17.8. The Morgan fingerprint density at radius 1 is 1.19 bits per heavy atom. The van der Waals surface area contributed by atoms with Crippen LogP contribution in [0.25, 0.3) is 0 Å². The zero-order valence-corrected chi connectivity index (χ0v) is 14.5. The number of carbonyl (C=O) groups is 2. The van der Waals surface area contributed by atoms with Crippen LogP contribution in [-0.2, 0) is 6.54 Å². The van der Waals surface area contributed by atoms with Crippen LogP contribution in [0.4, 0.5) is 0 Å². The summed E-state index contributed by atoms with van der Waals surface area (Å²) in [5.74, 6) is -0.119. The molecule has 1 aromatic heterocycles. The Labute approximate surface area is 150 Å². The highest BCUT2D eigenvalue weighted by Crippen LogP contribution is 2.32. The van der Waals surface area contributed by atoms with Gasteiger partial charge in [0.1, 0.15) is 5.76 Å². The molecule has 2 aromatic rings. The summed E-state index contributed by atoms with van der Waals surface area (Å²) in [5, 5.41) is 11.5. The van der Waals surface area contributed by atoms with Crippen LogP contribution in [-0.4, -0.2) is 30.2 Å². The van der Waals surface area contributed by atoms with Gasteiger partial charge in [-0.15, -0.1) is 0 Å². The molecule has 7 nitrogen and oxygen atoms in total. The summed E-state index contributed by atoms with van der Waals surface area (Å²) in [6, 6.07) is 7.91. The SMILES string of the molecule is COc1cc(C(=O)NCc2ccc(C(=O)O)o2)ccc1OC1CCCC1. The summed E-state index contributed by atoms with van der Waals surface area (Å²) in [6.07, 6.45) is 4.61. The third kappa shape index (κ3) is 4.17. The van der Waals surface area contributed by atoms with Gasteiger partial charge >= 0.3 is 5.97 Å². The summed E-state index contributed by atoms with van der Waals surface area (Å²) in [7, 11) is 1.54. The molecule has 1 saturated carbocycles. The lowest BCUT2D eigenvalue weighted by Crippen LogP contribution is -2.22. The Kier molecular flexibility index (Phi) is 5.46. The zero-order chi connectivity index (χ0) is 18.5. The molecule has 0 spiro atoms. The summed E-state index contributed by atoms with van der Waals surface area (Å²) < 4.78 is 16.4. The van der Waals surface area contributed by atoms with Gasteiger partial charge in [-0.25, -0.2) is 4.79 Å². The number of hydrogen-bond acceptors (Lipinski definition) is 5. The lowest BCUT2D eigenvalue weighted by molar-refractivity contribution is 0.0660. The number of amides is 1. The van der Waals surface area contributed by atoms with Crippen LogP contribution in [0, 0.1) is 0 Å². The van der Waals surface area contributed by atoms with Crippen molar-refractivity contribution in [2.45, 2.75) is 38.3 Å². The number of nitrogens with one attached hydrogen (secondary N) is 1. The monoisotopic (exact) mass is 359 g/mol. The van der Waals surface area contributed by atoms with Crippen LogP contribution < -0.4 is 14.8 Å². The predicted molar refractivity (Wildman–Crippen MR) is 92.7 cm³/mol. The van der Waals surface area contributed by atoms with Crippen molar-refractivity contribution in [3.63, 3.8) is 0 Å². The maximum absolute atomic E-state index is 12.3. The van der Waals surface area contributed by atoms with Crippen LogP contribution in [0.2, 0.25) is 0 Å². The van der Waals surface area contributed by atoms with Gasteiger partial charge in [-0.2, -0.15) is 0 Å². The number of furan rings is 1. The van der Waals surface area contributed by atoms with Gasteiger partial charge in [0, 0.05) is 5.56 Å². The molecule has 2 N–H and O–H groups in total. The number of carboxylic acids is 1. The zero-order valence-electron chi connectivity index (χ0n) is 14.5. The van der Waals surface area contributed by atoms with Crippen molar-refractivity contribution in [1.29, 1.82) is 0 Å². The minimum atomic E-state index is -1.15. The third-order valence-electron chi connectivity index (χ3n) is 4.32. The molecule has 0 saturated heterocycles. The average molecular weight is 359 g/mol. The smallest absolute Gasteiger partial charge is 0.371 e. The van der Waals surface area contributed by atoms with Gasteiger partial charge < -0.3 is 24.3 Å². The fraction of sp³-hybridized carbons (Fsp3) is 0.368. The van der Waals surface area contributed by atoms with E-state index < -0.39 is 5.97 Å². The number of rotatable bonds is 7. The lowest BCUT2D eigenvalue weighted by Gasteiger charge is -2.16. The summed E-state index contributed by atoms with van der Waals surface area (Å²) in [5.41, 5.74) is 0.422. The van der Waals surface area contributed by atoms with E-state index in [9.17, 15) is 9.59 Å². The standard InChI is InChI=1S/C19H21NO6/c1-24-17-10-12(6-8-15(17)25-13-4-2-3-5-13)18(21)20-11-14-7-9-16(26-14)19(22)23/h6-10,13H,2-5,11H2,1H3,(H,20,21)(H,22,23). The van der Waals surface area contributed by atoms with Crippen molar-refractivity contribution < 1.29 is 28.6 Å². The Morgan fingerprint density at radius 3 is 2.62 bits per heavy atom. The van der Waals surface area contributed by atoms with Crippen LogP contribution in [0.15, 0.2) is 34.7 Å². The van der Waals surface area contributed by atoms with Gasteiger partial charge in [0.15, 0.2) is 11.5 Å². The first-order chi connectivity index (χ1) is 12.6. The number of carbonyl (C=O) groups excluding carboxylic acids is 1.